The topological polar surface area (TPSA) is 64.4 Å². The maximum Gasteiger partial charge on any atom is 0.185 e. The zero-order chi connectivity index (χ0) is 11.4. The van der Waals surface area contributed by atoms with Crippen LogP contribution in [0.4, 0.5) is 0 Å². The predicted molar refractivity (Wildman–Crippen MR) is 81.0 cm³/mol. The van der Waals surface area contributed by atoms with Crippen LogP contribution in [-0.2, 0) is 0 Å². The number of halogens is 3. The molecule has 6 heteroatoms. The molecule has 0 aliphatic heterocycles. The molecule has 1 atom stereocenters. The van der Waals surface area contributed by atoms with E-state index in [1.807, 2.05) is 6.92 Å². The zero-order valence-corrected chi connectivity index (χ0v) is 12.6. The van der Waals surface area contributed by atoms with Gasteiger partial charge in [0.05, 0.1) is 0 Å². The number of hydrogen-bond acceptors (Lipinski definition) is 1. The molecule has 90 valence electrons. The summed E-state index contributed by atoms with van der Waals surface area (Å²) in [5.74, 6) is 0.165. The van der Waals surface area contributed by atoms with E-state index in [0.29, 0.717) is 16.6 Å². The van der Waals surface area contributed by atoms with E-state index in [2.05, 4.69) is 4.99 Å². The van der Waals surface area contributed by atoms with Crippen LogP contribution in [0.2, 0.25) is 10.0 Å². The quantitative estimate of drug-likeness (QED) is 0.486. The van der Waals surface area contributed by atoms with Crippen LogP contribution < -0.4 is 11.5 Å². The molecule has 0 radical (unpaired) electrons. The average Bonchev–Trinajstić information content (AvgIpc) is 2.14. The second-order valence-electron chi connectivity index (χ2n) is 3.30. The molecule has 0 spiro atoms. The molecule has 16 heavy (non-hydrogen) atoms. The summed E-state index contributed by atoms with van der Waals surface area (Å²) in [6.07, 6.45) is 0. The third kappa shape index (κ3) is 4.35. The maximum absolute atomic E-state index is 6.04. The molecule has 1 aromatic rings. The van der Waals surface area contributed by atoms with E-state index in [4.69, 9.17) is 34.7 Å². The Kier molecular flexibility index (Phi) is 7.10. The third-order valence-electron chi connectivity index (χ3n) is 2.04. The number of rotatable bonds is 3. The lowest BCUT2D eigenvalue weighted by Gasteiger charge is -2.13. The summed E-state index contributed by atoms with van der Waals surface area (Å²) in [7, 11) is 0. The van der Waals surface area contributed by atoms with Gasteiger partial charge in [-0.05, 0) is 17.7 Å². The van der Waals surface area contributed by atoms with Gasteiger partial charge in [0.2, 0.25) is 0 Å². The lowest BCUT2D eigenvalue weighted by molar-refractivity contribution is 0.774. The van der Waals surface area contributed by atoms with Crippen molar-refractivity contribution in [3.8, 4) is 0 Å². The highest BCUT2D eigenvalue weighted by molar-refractivity contribution is 14.0. The molecule has 0 aliphatic carbocycles. The fraction of sp³-hybridized carbons (Fsp3) is 0.300. The van der Waals surface area contributed by atoms with Gasteiger partial charge in [0.1, 0.15) is 0 Å². The second-order valence-corrected chi connectivity index (χ2v) is 4.12. The molecule has 0 heterocycles. The summed E-state index contributed by atoms with van der Waals surface area (Å²) in [5, 5.41) is 1.28. The van der Waals surface area contributed by atoms with Gasteiger partial charge in [-0.3, -0.25) is 4.99 Å². The predicted octanol–water partition coefficient (Wildman–Crippen LogP) is 2.99. The summed E-state index contributed by atoms with van der Waals surface area (Å²) in [4.78, 5) is 3.94. The lowest BCUT2D eigenvalue weighted by atomic mass is 10.0. The van der Waals surface area contributed by atoms with E-state index < -0.39 is 0 Å². The first kappa shape index (κ1) is 15.8. The number of guanidine groups is 1. The summed E-state index contributed by atoms with van der Waals surface area (Å²) < 4.78 is 0. The van der Waals surface area contributed by atoms with Crippen LogP contribution in [0.25, 0.3) is 0 Å². The molecule has 1 aromatic carbocycles. The summed E-state index contributed by atoms with van der Waals surface area (Å²) in [6.45, 7) is 2.45. The van der Waals surface area contributed by atoms with Gasteiger partial charge in [-0.2, -0.15) is 0 Å². The number of aliphatic imine (C=N–C) groups is 1. The Labute approximate surface area is 122 Å². The largest absolute Gasteiger partial charge is 0.370 e. The molecule has 4 N–H and O–H groups in total. The van der Waals surface area contributed by atoms with Gasteiger partial charge in [-0.1, -0.05) is 36.2 Å². The van der Waals surface area contributed by atoms with Gasteiger partial charge in [-0.25, -0.2) is 0 Å². The Hall–Kier alpha value is -0.200. The Morgan fingerprint density at radius 1 is 1.31 bits per heavy atom. The van der Waals surface area contributed by atoms with Gasteiger partial charge in [0.25, 0.3) is 0 Å². The highest BCUT2D eigenvalue weighted by Crippen LogP contribution is 2.31. The molecular formula is C10H14Cl2IN3. The van der Waals surface area contributed by atoms with E-state index in [1.54, 1.807) is 18.2 Å². The minimum Gasteiger partial charge on any atom is -0.370 e. The Morgan fingerprint density at radius 3 is 2.25 bits per heavy atom. The van der Waals surface area contributed by atoms with Gasteiger partial charge in [0.15, 0.2) is 5.96 Å². The third-order valence-corrected chi connectivity index (χ3v) is 2.70. The Morgan fingerprint density at radius 2 is 1.81 bits per heavy atom. The van der Waals surface area contributed by atoms with E-state index >= 15 is 0 Å². The molecular weight excluding hydrogens is 360 g/mol. The van der Waals surface area contributed by atoms with Crippen molar-refractivity contribution < 1.29 is 0 Å². The van der Waals surface area contributed by atoms with Crippen LogP contribution in [0.1, 0.15) is 18.4 Å². The summed E-state index contributed by atoms with van der Waals surface area (Å²) >= 11 is 12.1. The summed E-state index contributed by atoms with van der Waals surface area (Å²) in [6, 6.07) is 5.41. The van der Waals surface area contributed by atoms with Gasteiger partial charge in [0, 0.05) is 22.5 Å². The smallest absolute Gasteiger partial charge is 0.185 e. The molecule has 0 saturated carbocycles. The minimum absolute atomic E-state index is 0. The first-order valence-electron chi connectivity index (χ1n) is 4.51. The molecule has 0 aromatic heterocycles. The van der Waals surface area contributed by atoms with Crippen LogP contribution in [-0.4, -0.2) is 12.5 Å². The van der Waals surface area contributed by atoms with Crippen LogP contribution >= 0.6 is 47.2 Å². The number of hydrogen-bond donors (Lipinski definition) is 2. The zero-order valence-electron chi connectivity index (χ0n) is 8.78. The molecule has 0 aliphatic rings. The van der Waals surface area contributed by atoms with Crippen LogP contribution in [0.3, 0.4) is 0 Å². The first-order valence-corrected chi connectivity index (χ1v) is 5.27. The van der Waals surface area contributed by atoms with Crippen molar-refractivity contribution in [3.05, 3.63) is 33.8 Å². The highest BCUT2D eigenvalue weighted by Gasteiger charge is 2.12. The van der Waals surface area contributed by atoms with Crippen molar-refractivity contribution in [1.29, 1.82) is 0 Å². The highest BCUT2D eigenvalue weighted by atomic mass is 127. The van der Waals surface area contributed by atoms with E-state index in [0.717, 1.165) is 5.56 Å². The van der Waals surface area contributed by atoms with Crippen LogP contribution in [0.15, 0.2) is 23.2 Å². The Balaban J connectivity index is 0.00000225. The molecule has 0 fully saturated rings. The maximum atomic E-state index is 6.04. The SMILES string of the molecule is CC(CN=C(N)N)c1c(Cl)cccc1Cl.I. The normalized spacial score (nSPS) is 11.4. The number of benzene rings is 1. The minimum atomic E-state index is 0. The molecule has 1 unspecified atom stereocenters. The van der Waals surface area contributed by atoms with E-state index in [9.17, 15) is 0 Å². The van der Waals surface area contributed by atoms with E-state index in [-0.39, 0.29) is 35.9 Å². The van der Waals surface area contributed by atoms with E-state index in [1.165, 1.54) is 0 Å². The average molecular weight is 374 g/mol. The van der Waals surface area contributed by atoms with Crippen LogP contribution in [0.5, 0.6) is 0 Å². The van der Waals surface area contributed by atoms with Gasteiger partial charge < -0.3 is 11.5 Å². The first-order chi connectivity index (χ1) is 7.02. The number of nitrogens with zero attached hydrogens (tertiary/aromatic N) is 1. The molecule has 1 rings (SSSR count). The van der Waals surface area contributed by atoms with Crippen molar-refractivity contribution in [2.45, 2.75) is 12.8 Å². The molecule has 0 bridgehead atoms. The van der Waals surface area contributed by atoms with Crippen molar-refractivity contribution in [2.24, 2.45) is 16.5 Å². The van der Waals surface area contributed by atoms with Gasteiger partial charge >= 0.3 is 0 Å². The van der Waals surface area contributed by atoms with Crippen LogP contribution in [0, 0.1) is 0 Å². The van der Waals surface area contributed by atoms with Crippen molar-refractivity contribution in [1.82, 2.24) is 0 Å². The fourth-order valence-corrected chi connectivity index (χ4v) is 2.09. The fourth-order valence-electron chi connectivity index (χ4n) is 1.32. The molecule has 0 saturated heterocycles. The summed E-state index contributed by atoms with van der Waals surface area (Å²) in [5.41, 5.74) is 11.4. The second kappa shape index (κ2) is 7.19. The van der Waals surface area contributed by atoms with Crippen molar-refractivity contribution >= 4 is 53.1 Å². The molecule has 3 nitrogen and oxygen atoms in total. The molecule has 0 amide bonds. The van der Waals surface area contributed by atoms with Crippen molar-refractivity contribution in [3.63, 3.8) is 0 Å². The monoisotopic (exact) mass is 373 g/mol. The van der Waals surface area contributed by atoms with Gasteiger partial charge in [-0.15, -0.1) is 24.0 Å². The lowest BCUT2D eigenvalue weighted by Crippen LogP contribution is -2.23. The Bertz CT molecular complexity index is 358. The number of nitrogens with two attached hydrogens (primary N) is 2. The van der Waals surface area contributed by atoms with Crippen molar-refractivity contribution in [2.75, 3.05) is 6.54 Å². The standard InChI is InChI=1S/C10H13Cl2N3.HI/c1-6(5-15-10(13)14)9-7(11)3-2-4-8(9)12;/h2-4,6H,5H2,1H3,(H4,13,14,15);1H.